The summed E-state index contributed by atoms with van der Waals surface area (Å²) in [7, 11) is 1.75. The molecule has 0 aromatic rings. The van der Waals surface area contributed by atoms with Gasteiger partial charge in [0, 0.05) is 17.4 Å². The summed E-state index contributed by atoms with van der Waals surface area (Å²) in [6, 6.07) is 0. The van der Waals surface area contributed by atoms with Gasteiger partial charge < -0.3 is 4.74 Å². The summed E-state index contributed by atoms with van der Waals surface area (Å²) in [5, 5.41) is 0. The molecule has 2 atom stereocenters. The van der Waals surface area contributed by atoms with Crippen LogP contribution >= 0.6 is 15.9 Å². The van der Waals surface area contributed by atoms with Crippen LogP contribution in [0.3, 0.4) is 0 Å². The third kappa shape index (κ3) is 1.06. The van der Waals surface area contributed by atoms with Gasteiger partial charge in [-0.05, 0) is 6.42 Å². The first kappa shape index (κ1) is 6.56. The topological polar surface area (TPSA) is 9.23 Å². The van der Waals surface area contributed by atoms with Gasteiger partial charge in [-0.2, -0.15) is 0 Å². The van der Waals surface area contributed by atoms with Crippen LogP contribution < -0.4 is 0 Å². The molecule has 0 amide bonds. The van der Waals surface area contributed by atoms with E-state index in [9.17, 15) is 0 Å². The zero-order chi connectivity index (χ0) is 6.20. The van der Waals surface area contributed by atoms with Crippen LogP contribution in [0.5, 0.6) is 0 Å². The molecule has 0 N–H and O–H groups in total. The first-order valence-corrected chi connectivity index (χ1v) is 3.73. The van der Waals surface area contributed by atoms with E-state index in [-0.39, 0.29) is 0 Å². The Kier molecular flexibility index (Phi) is 1.63. The van der Waals surface area contributed by atoms with Crippen LogP contribution in [0.4, 0.5) is 0 Å². The Bertz CT molecular complexity index is 94.5. The molecule has 0 aromatic carbocycles. The van der Waals surface area contributed by atoms with Crippen molar-refractivity contribution in [3.05, 3.63) is 0 Å². The predicted molar refractivity (Wildman–Crippen MR) is 37.3 cm³/mol. The molecule has 0 aromatic heterocycles. The Morgan fingerprint density at radius 3 is 2.50 bits per heavy atom. The lowest BCUT2D eigenvalue weighted by Crippen LogP contribution is -2.05. The van der Waals surface area contributed by atoms with Crippen LogP contribution in [0.15, 0.2) is 0 Å². The van der Waals surface area contributed by atoms with Gasteiger partial charge >= 0.3 is 0 Å². The number of methoxy groups -OCH3 is 1. The quantitative estimate of drug-likeness (QED) is 0.587. The maximum Gasteiger partial charge on any atom is 0.0527 e. The SMILES string of the molecule is COC[C@]1(C)C[C@H]1Br. The van der Waals surface area contributed by atoms with Crippen LogP contribution in [-0.2, 0) is 4.74 Å². The molecule has 1 fully saturated rings. The third-order valence-corrected chi connectivity index (χ3v) is 3.14. The second-order valence-electron chi connectivity index (χ2n) is 2.76. The molecular weight excluding hydrogens is 168 g/mol. The molecule has 48 valence electrons. The van der Waals surface area contributed by atoms with Gasteiger partial charge in [-0.15, -0.1) is 0 Å². The molecule has 1 aliphatic carbocycles. The summed E-state index contributed by atoms with van der Waals surface area (Å²) < 4.78 is 5.01. The lowest BCUT2D eigenvalue weighted by atomic mass is 10.2. The summed E-state index contributed by atoms with van der Waals surface area (Å²) in [6.07, 6.45) is 1.26. The average molecular weight is 179 g/mol. The van der Waals surface area contributed by atoms with Gasteiger partial charge in [-0.1, -0.05) is 22.9 Å². The smallest absolute Gasteiger partial charge is 0.0527 e. The van der Waals surface area contributed by atoms with Gasteiger partial charge in [0.1, 0.15) is 0 Å². The number of rotatable bonds is 2. The first-order valence-electron chi connectivity index (χ1n) is 2.82. The maximum atomic E-state index is 5.01. The van der Waals surface area contributed by atoms with Crippen LogP contribution in [0, 0.1) is 5.41 Å². The average Bonchev–Trinajstić information content (AvgIpc) is 2.16. The normalized spacial score (nSPS) is 44.6. The number of halogens is 1. The van der Waals surface area contributed by atoms with E-state index in [4.69, 9.17) is 4.74 Å². The van der Waals surface area contributed by atoms with Crippen molar-refractivity contribution in [3.8, 4) is 0 Å². The van der Waals surface area contributed by atoms with Crippen LogP contribution in [0.2, 0.25) is 0 Å². The summed E-state index contributed by atoms with van der Waals surface area (Å²) in [6.45, 7) is 3.12. The van der Waals surface area contributed by atoms with E-state index in [2.05, 4.69) is 22.9 Å². The number of alkyl halides is 1. The van der Waals surface area contributed by atoms with Crippen molar-refractivity contribution in [2.45, 2.75) is 18.2 Å². The fourth-order valence-electron chi connectivity index (χ4n) is 0.830. The van der Waals surface area contributed by atoms with Crippen molar-refractivity contribution in [1.29, 1.82) is 0 Å². The summed E-state index contributed by atoms with van der Waals surface area (Å²) in [4.78, 5) is 0.704. The minimum Gasteiger partial charge on any atom is -0.384 e. The number of hydrogen-bond acceptors (Lipinski definition) is 1. The van der Waals surface area contributed by atoms with E-state index in [1.54, 1.807) is 7.11 Å². The first-order chi connectivity index (χ1) is 3.69. The summed E-state index contributed by atoms with van der Waals surface area (Å²) in [5.41, 5.74) is 0.453. The second-order valence-corrected chi connectivity index (χ2v) is 3.86. The minimum atomic E-state index is 0.453. The van der Waals surface area contributed by atoms with Gasteiger partial charge in [0.05, 0.1) is 6.61 Å². The van der Waals surface area contributed by atoms with E-state index in [0.29, 0.717) is 10.2 Å². The van der Waals surface area contributed by atoms with Crippen molar-refractivity contribution in [3.63, 3.8) is 0 Å². The van der Waals surface area contributed by atoms with Crippen LogP contribution in [-0.4, -0.2) is 18.5 Å². The molecule has 2 heteroatoms. The minimum absolute atomic E-state index is 0.453. The Morgan fingerprint density at radius 2 is 2.38 bits per heavy atom. The summed E-state index contributed by atoms with van der Waals surface area (Å²) >= 11 is 3.53. The van der Waals surface area contributed by atoms with E-state index >= 15 is 0 Å². The molecular formula is C6H11BrO. The highest BCUT2D eigenvalue weighted by Crippen LogP contribution is 2.50. The Labute approximate surface area is 58.5 Å². The lowest BCUT2D eigenvalue weighted by molar-refractivity contribution is 0.151. The monoisotopic (exact) mass is 178 g/mol. The predicted octanol–water partition coefficient (Wildman–Crippen LogP) is 1.81. The van der Waals surface area contributed by atoms with Crippen molar-refractivity contribution >= 4 is 15.9 Å². The fraction of sp³-hybridized carbons (Fsp3) is 1.00. The maximum absolute atomic E-state index is 5.01. The Morgan fingerprint density at radius 1 is 1.88 bits per heavy atom. The molecule has 1 saturated carbocycles. The summed E-state index contributed by atoms with van der Waals surface area (Å²) in [5.74, 6) is 0. The van der Waals surface area contributed by atoms with Crippen molar-refractivity contribution in [1.82, 2.24) is 0 Å². The van der Waals surface area contributed by atoms with Gasteiger partial charge in [-0.3, -0.25) is 0 Å². The molecule has 0 bridgehead atoms. The van der Waals surface area contributed by atoms with Crippen LogP contribution in [0.1, 0.15) is 13.3 Å². The van der Waals surface area contributed by atoms with Gasteiger partial charge in [0.25, 0.3) is 0 Å². The van der Waals surface area contributed by atoms with Crippen molar-refractivity contribution < 1.29 is 4.74 Å². The number of hydrogen-bond donors (Lipinski definition) is 0. The fourth-order valence-corrected chi connectivity index (χ4v) is 1.70. The molecule has 0 unspecified atom stereocenters. The molecule has 0 saturated heterocycles. The van der Waals surface area contributed by atoms with Crippen molar-refractivity contribution in [2.75, 3.05) is 13.7 Å². The molecule has 1 nitrogen and oxygen atoms in total. The highest BCUT2D eigenvalue weighted by Gasteiger charge is 2.48. The van der Waals surface area contributed by atoms with Gasteiger partial charge in [0.15, 0.2) is 0 Å². The number of ether oxygens (including phenoxy) is 1. The standard InChI is InChI=1S/C6H11BrO/c1-6(4-8-2)3-5(6)7/h5H,3-4H2,1-2H3/t5-,6+/m1/s1. The van der Waals surface area contributed by atoms with Crippen molar-refractivity contribution in [2.24, 2.45) is 5.41 Å². The van der Waals surface area contributed by atoms with E-state index in [1.807, 2.05) is 0 Å². The molecule has 1 rings (SSSR count). The lowest BCUT2D eigenvalue weighted by Gasteiger charge is -2.04. The third-order valence-electron chi connectivity index (χ3n) is 1.72. The van der Waals surface area contributed by atoms with Crippen LogP contribution in [0.25, 0.3) is 0 Å². The highest BCUT2D eigenvalue weighted by molar-refractivity contribution is 9.09. The molecule has 0 aliphatic heterocycles. The van der Waals surface area contributed by atoms with Gasteiger partial charge in [0.2, 0.25) is 0 Å². The zero-order valence-electron chi connectivity index (χ0n) is 5.28. The molecule has 1 aliphatic rings. The Balaban J connectivity index is 2.25. The second kappa shape index (κ2) is 1.99. The molecule has 0 spiro atoms. The zero-order valence-corrected chi connectivity index (χ0v) is 6.86. The van der Waals surface area contributed by atoms with E-state index in [1.165, 1.54) is 6.42 Å². The molecule has 8 heavy (non-hydrogen) atoms. The van der Waals surface area contributed by atoms with E-state index in [0.717, 1.165) is 6.61 Å². The van der Waals surface area contributed by atoms with Gasteiger partial charge in [-0.25, -0.2) is 0 Å². The Hall–Kier alpha value is 0.440. The largest absolute Gasteiger partial charge is 0.384 e. The highest BCUT2D eigenvalue weighted by atomic mass is 79.9. The van der Waals surface area contributed by atoms with E-state index < -0.39 is 0 Å². The molecule has 0 heterocycles. The molecule has 0 radical (unpaired) electrons.